The van der Waals surface area contributed by atoms with Crippen LogP contribution in [0.3, 0.4) is 0 Å². The Labute approximate surface area is 241 Å². The Kier molecular flexibility index (Phi) is 10.5. The van der Waals surface area contributed by atoms with Crippen LogP contribution in [0.25, 0.3) is 11.0 Å². The van der Waals surface area contributed by atoms with Gasteiger partial charge in [-0.2, -0.15) is 0 Å². The number of benzene rings is 3. The maximum absolute atomic E-state index is 13.8. The van der Waals surface area contributed by atoms with E-state index < -0.39 is 0 Å². The summed E-state index contributed by atoms with van der Waals surface area (Å²) in [5.41, 5.74) is 3.58. The number of amides is 2. The SMILES string of the molecule is Cc1ccc2occ(CN(Cc3ccccc3)C(=O)CN(CCC(C)C)C(=O)COCc3ccccc3)c(=O)c2c1. The Hall–Kier alpha value is -4.23. The minimum absolute atomic E-state index is 0.0661. The van der Waals surface area contributed by atoms with Crippen LogP contribution in [-0.4, -0.2) is 41.3 Å². The highest BCUT2D eigenvalue weighted by Crippen LogP contribution is 2.16. The number of rotatable bonds is 13. The van der Waals surface area contributed by atoms with E-state index in [9.17, 15) is 14.4 Å². The third kappa shape index (κ3) is 8.63. The summed E-state index contributed by atoms with van der Waals surface area (Å²) in [6, 6.07) is 24.7. The number of hydrogen-bond acceptors (Lipinski definition) is 5. The van der Waals surface area contributed by atoms with Crippen molar-refractivity contribution >= 4 is 22.8 Å². The smallest absolute Gasteiger partial charge is 0.249 e. The molecule has 0 bridgehead atoms. The van der Waals surface area contributed by atoms with Gasteiger partial charge in [0.25, 0.3) is 0 Å². The van der Waals surface area contributed by atoms with Gasteiger partial charge in [0.1, 0.15) is 12.2 Å². The van der Waals surface area contributed by atoms with Gasteiger partial charge in [-0.15, -0.1) is 0 Å². The molecule has 0 atom stereocenters. The van der Waals surface area contributed by atoms with Crippen LogP contribution in [0.5, 0.6) is 0 Å². The van der Waals surface area contributed by atoms with Crippen molar-refractivity contribution in [1.82, 2.24) is 9.80 Å². The molecule has 7 nitrogen and oxygen atoms in total. The Morgan fingerprint density at radius 2 is 1.54 bits per heavy atom. The fraction of sp³-hybridized carbons (Fsp3) is 0.324. The molecule has 0 N–H and O–H groups in total. The second-order valence-corrected chi connectivity index (χ2v) is 10.8. The van der Waals surface area contributed by atoms with Crippen molar-refractivity contribution < 1.29 is 18.7 Å². The summed E-state index contributed by atoms with van der Waals surface area (Å²) < 4.78 is 11.5. The summed E-state index contributed by atoms with van der Waals surface area (Å²) in [6.07, 6.45) is 2.19. The molecule has 0 aliphatic carbocycles. The molecule has 0 saturated heterocycles. The quantitative estimate of drug-likeness (QED) is 0.211. The predicted molar refractivity (Wildman–Crippen MR) is 160 cm³/mol. The molecule has 0 spiro atoms. The monoisotopic (exact) mass is 554 g/mol. The molecule has 0 radical (unpaired) electrons. The van der Waals surface area contributed by atoms with Gasteiger partial charge in [-0.25, -0.2) is 0 Å². The average Bonchev–Trinajstić information content (AvgIpc) is 2.97. The van der Waals surface area contributed by atoms with Crippen LogP contribution in [0, 0.1) is 12.8 Å². The Morgan fingerprint density at radius 1 is 0.854 bits per heavy atom. The maximum Gasteiger partial charge on any atom is 0.249 e. The Morgan fingerprint density at radius 3 is 2.22 bits per heavy atom. The minimum Gasteiger partial charge on any atom is -0.464 e. The molecule has 41 heavy (non-hydrogen) atoms. The molecule has 1 aromatic heterocycles. The number of nitrogens with zero attached hydrogens (tertiary/aromatic N) is 2. The summed E-state index contributed by atoms with van der Waals surface area (Å²) >= 11 is 0. The summed E-state index contributed by atoms with van der Waals surface area (Å²) in [5.74, 6) is -0.134. The van der Waals surface area contributed by atoms with Crippen LogP contribution in [0.2, 0.25) is 0 Å². The summed E-state index contributed by atoms with van der Waals surface area (Å²) in [7, 11) is 0. The van der Waals surface area contributed by atoms with E-state index in [0.717, 1.165) is 23.1 Å². The largest absolute Gasteiger partial charge is 0.464 e. The Bertz CT molecular complexity index is 1500. The summed E-state index contributed by atoms with van der Waals surface area (Å²) in [6.45, 7) is 6.97. The lowest BCUT2D eigenvalue weighted by Crippen LogP contribution is -2.44. The van der Waals surface area contributed by atoms with Gasteiger partial charge in [0.15, 0.2) is 5.43 Å². The highest BCUT2D eigenvalue weighted by atomic mass is 16.5. The third-order valence-electron chi connectivity index (χ3n) is 6.92. The topological polar surface area (TPSA) is 80.1 Å². The summed E-state index contributed by atoms with van der Waals surface area (Å²) in [4.78, 5) is 43.5. The van der Waals surface area contributed by atoms with Gasteiger partial charge >= 0.3 is 0 Å². The average molecular weight is 555 g/mol. The van der Waals surface area contributed by atoms with Crippen LogP contribution < -0.4 is 5.43 Å². The van der Waals surface area contributed by atoms with Crippen LogP contribution >= 0.6 is 0 Å². The first kappa shape index (κ1) is 29.7. The van der Waals surface area contributed by atoms with E-state index in [1.54, 1.807) is 21.9 Å². The van der Waals surface area contributed by atoms with E-state index in [0.29, 0.717) is 42.1 Å². The van der Waals surface area contributed by atoms with Crippen molar-refractivity contribution in [3.05, 3.63) is 118 Å². The zero-order chi connectivity index (χ0) is 29.2. The summed E-state index contributed by atoms with van der Waals surface area (Å²) in [5, 5.41) is 0.485. The molecule has 0 unspecified atom stereocenters. The van der Waals surface area contributed by atoms with E-state index in [2.05, 4.69) is 13.8 Å². The van der Waals surface area contributed by atoms with Gasteiger partial charge in [-0.1, -0.05) is 86.1 Å². The van der Waals surface area contributed by atoms with Crippen molar-refractivity contribution in [1.29, 1.82) is 0 Å². The van der Waals surface area contributed by atoms with Crippen molar-refractivity contribution in [2.75, 3.05) is 19.7 Å². The van der Waals surface area contributed by atoms with Gasteiger partial charge in [0, 0.05) is 13.1 Å². The van der Waals surface area contributed by atoms with Gasteiger partial charge in [0.05, 0.1) is 36.9 Å². The lowest BCUT2D eigenvalue weighted by atomic mass is 10.1. The lowest BCUT2D eigenvalue weighted by molar-refractivity contribution is -0.144. The molecule has 0 fully saturated rings. The molecular weight excluding hydrogens is 516 g/mol. The van der Waals surface area contributed by atoms with Crippen LogP contribution in [0.1, 0.15) is 42.5 Å². The zero-order valence-corrected chi connectivity index (χ0v) is 24.0. The first-order valence-corrected chi connectivity index (χ1v) is 14.0. The highest BCUT2D eigenvalue weighted by Gasteiger charge is 2.23. The molecule has 0 aliphatic rings. The van der Waals surface area contributed by atoms with Gasteiger partial charge in [-0.3, -0.25) is 14.4 Å². The van der Waals surface area contributed by atoms with Crippen molar-refractivity contribution in [2.45, 2.75) is 46.9 Å². The van der Waals surface area contributed by atoms with E-state index in [1.165, 1.54) is 6.26 Å². The standard InChI is InChI=1S/C34H38N2O5/c1-25(2)16-17-35(33(38)24-40-22-28-12-8-5-9-13-28)21-32(37)36(19-27-10-6-4-7-11-27)20-29-23-41-31-15-14-26(3)18-30(31)34(29)39/h4-15,18,23,25H,16-17,19-22,24H2,1-3H3. The molecule has 4 rings (SSSR count). The number of ether oxygens (including phenoxy) is 1. The van der Waals surface area contributed by atoms with E-state index >= 15 is 0 Å². The number of carbonyl (C=O) groups is 2. The Balaban J connectivity index is 1.53. The van der Waals surface area contributed by atoms with Crippen LogP contribution in [0.4, 0.5) is 0 Å². The van der Waals surface area contributed by atoms with Crippen molar-refractivity contribution in [2.24, 2.45) is 5.92 Å². The van der Waals surface area contributed by atoms with Crippen LogP contribution in [-0.2, 0) is 34.0 Å². The van der Waals surface area contributed by atoms with Crippen molar-refractivity contribution in [3.8, 4) is 0 Å². The highest BCUT2D eigenvalue weighted by molar-refractivity contribution is 5.85. The maximum atomic E-state index is 13.8. The van der Waals surface area contributed by atoms with Crippen molar-refractivity contribution in [3.63, 3.8) is 0 Å². The number of fused-ring (bicyclic) bond motifs is 1. The molecule has 3 aromatic carbocycles. The minimum atomic E-state index is -0.252. The first-order valence-electron chi connectivity index (χ1n) is 14.0. The molecule has 4 aromatic rings. The molecule has 0 aliphatic heterocycles. The van der Waals surface area contributed by atoms with Gasteiger partial charge in [0.2, 0.25) is 11.8 Å². The zero-order valence-electron chi connectivity index (χ0n) is 24.0. The van der Waals surface area contributed by atoms with Gasteiger partial charge in [-0.05, 0) is 42.5 Å². The molecular formula is C34H38N2O5. The van der Waals surface area contributed by atoms with E-state index in [4.69, 9.17) is 9.15 Å². The predicted octanol–water partition coefficient (Wildman–Crippen LogP) is 5.72. The molecule has 214 valence electrons. The second-order valence-electron chi connectivity index (χ2n) is 10.8. The van der Waals surface area contributed by atoms with E-state index in [1.807, 2.05) is 73.7 Å². The van der Waals surface area contributed by atoms with Crippen LogP contribution in [0.15, 0.2) is 94.3 Å². The number of hydrogen-bond donors (Lipinski definition) is 0. The van der Waals surface area contributed by atoms with Gasteiger partial charge < -0.3 is 19.0 Å². The fourth-order valence-electron chi connectivity index (χ4n) is 4.53. The number of carbonyl (C=O) groups excluding carboxylic acids is 2. The van der Waals surface area contributed by atoms with E-state index in [-0.39, 0.29) is 36.9 Å². The first-order chi connectivity index (χ1) is 19.8. The molecule has 1 heterocycles. The molecule has 0 saturated carbocycles. The normalized spacial score (nSPS) is 11.1. The lowest BCUT2D eigenvalue weighted by Gasteiger charge is -2.28. The second kappa shape index (κ2) is 14.4. The fourth-order valence-corrected chi connectivity index (χ4v) is 4.53. The third-order valence-corrected chi connectivity index (χ3v) is 6.92. The number of aryl methyl sites for hydroxylation is 1. The molecule has 2 amide bonds. The molecule has 7 heteroatoms.